The monoisotopic (exact) mass is 734 g/mol. The number of hydrogen-bond acceptors (Lipinski definition) is 2. The fourth-order valence-electron chi connectivity index (χ4n) is 10.3. The van der Waals surface area contributed by atoms with Crippen molar-refractivity contribution in [1.29, 1.82) is 0 Å². The summed E-state index contributed by atoms with van der Waals surface area (Å²) in [5, 5.41) is 19.9. The van der Waals surface area contributed by atoms with Crippen molar-refractivity contribution in [3.63, 3.8) is 0 Å². The summed E-state index contributed by atoms with van der Waals surface area (Å²) in [5.74, 6) is 0. The van der Waals surface area contributed by atoms with E-state index in [4.69, 9.17) is 8.83 Å². The molecule has 14 rings (SSSR count). The minimum absolute atomic E-state index is 0.874. The third kappa shape index (κ3) is 4.01. The number of hydrogen-bond donors (Lipinski definition) is 0. The van der Waals surface area contributed by atoms with Crippen LogP contribution >= 0.6 is 0 Å². The maximum atomic E-state index is 6.75. The van der Waals surface area contributed by atoms with E-state index in [1.807, 2.05) is 0 Å². The van der Waals surface area contributed by atoms with Crippen molar-refractivity contribution in [2.75, 3.05) is 0 Å². The molecule has 58 heavy (non-hydrogen) atoms. The fraction of sp³-hybridized carbons (Fsp3) is 0. The molecule has 0 unspecified atom stereocenters. The maximum Gasteiger partial charge on any atom is 0.143 e. The van der Waals surface area contributed by atoms with E-state index in [0.717, 1.165) is 60.6 Å². The molecule has 0 aliphatic carbocycles. The standard InChI is InChI=1S/C56H30O2/c1-5-31-13-15-35-17-23-39(42-25-19-33(7-1)51(31)53(35)42)37-21-27-49-47(29-37)45-11-3-9-40(55(45)57-49)38-22-28-50-48(30-38)46-12-4-10-44(56(46)58-50)41-24-18-36-16-14-32-6-2-8-34-20-26-43(41)54(36)52(32)34/h1-30H. The fourth-order valence-corrected chi connectivity index (χ4v) is 10.3. The molecular weight excluding hydrogens is 705 g/mol. The first-order valence-electron chi connectivity index (χ1n) is 20.0. The van der Waals surface area contributed by atoms with Crippen LogP contribution in [0.2, 0.25) is 0 Å². The molecule has 0 saturated heterocycles. The summed E-state index contributed by atoms with van der Waals surface area (Å²) in [6, 6.07) is 66.5. The van der Waals surface area contributed by atoms with Crippen LogP contribution in [0, 0.1) is 0 Å². The lowest BCUT2D eigenvalue weighted by Crippen LogP contribution is -1.87. The van der Waals surface area contributed by atoms with Crippen LogP contribution in [-0.2, 0) is 0 Å². The van der Waals surface area contributed by atoms with Crippen LogP contribution in [0.5, 0.6) is 0 Å². The third-order valence-electron chi connectivity index (χ3n) is 13.0. The van der Waals surface area contributed by atoms with E-state index in [1.54, 1.807) is 0 Å². The first-order valence-corrected chi connectivity index (χ1v) is 20.0. The molecule has 0 aliphatic heterocycles. The highest BCUT2D eigenvalue weighted by molar-refractivity contribution is 6.27. The highest BCUT2D eigenvalue weighted by atomic mass is 16.3. The Hall–Kier alpha value is -7.68. The lowest BCUT2D eigenvalue weighted by molar-refractivity contribution is 0.669. The second kappa shape index (κ2) is 11.0. The van der Waals surface area contributed by atoms with E-state index in [-0.39, 0.29) is 0 Å². The number of furan rings is 2. The van der Waals surface area contributed by atoms with E-state index >= 15 is 0 Å². The summed E-state index contributed by atoms with van der Waals surface area (Å²) >= 11 is 0. The number of benzene rings is 12. The molecular formula is C56H30O2. The Morgan fingerprint density at radius 3 is 1.22 bits per heavy atom. The molecule has 0 fully saturated rings. The van der Waals surface area contributed by atoms with Crippen molar-refractivity contribution in [3.05, 3.63) is 182 Å². The predicted molar refractivity (Wildman–Crippen MR) is 245 cm³/mol. The molecule has 0 aliphatic rings. The first-order chi connectivity index (χ1) is 28.7. The van der Waals surface area contributed by atoms with Crippen molar-refractivity contribution >= 4 is 109 Å². The van der Waals surface area contributed by atoms with Crippen molar-refractivity contribution in [2.45, 2.75) is 0 Å². The molecule has 12 aromatic carbocycles. The summed E-state index contributed by atoms with van der Waals surface area (Å²) in [7, 11) is 0. The summed E-state index contributed by atoms with van der Waals surface area (Å²) in [6.45, 7) is 0. The van der Waals surface area contributed by atoms with E-state index in [2.05, 4.69) is 182 Å². The van der Waals surface area contributed by atoms with Gasteiger partial charge in [-0.3, -0.25) is 0 Å². The lowest BCUT2D eigenvalue weighted by Gasteiger charge is -2.14. The molecule has 14 aromatic rings. The Morgan fingerprint density at radius 2 is 0.655 bits per heavy atom. The summed E-state index contributed by atoms with van der Waals surface area (Å²) < 4.78 is 13.5. The second-order valence-corrected chi connectivity index (χ2v) is 15.9. The normalized spacial score (nSPS) is 12.5. The number of para-hydroxylation sites is 2. The van der Waals surface area contributed by atoms with Gasteiger partial charge in [-0.15, -0.1) is 0 Å². The van der Waals surface area contributed by atoms with Gasteiger partial charge in [-0.2, -0.15) is 0 Å². The van der Waals surface area contributed by atoms with Gasteiger partial charge < -0.3 is 8.83 Å². The molecule has 0 saturated carbocycles. The maximum absolute atomic E-state index is 6.75. The highest BCUT2D eigenvalue weighted by Crippen LogP contribution is 2.45. The summed E-state index contributed by atoms with van der Waals surface area (Å²) in [5.41, 5.74) is 10.4. The Morgan fingerprint density at radius 1 is 0.241 bits per heavy atom. The smallest absolute Gasteiger partial charge is 0.143 e. The minimum Gasteiger partial charge on any atom is -0.455 e. The molecule has 2 heteroatoms. The Labute approximate surface area is 331 Å². The van der Waals surface area contributed by atoms with Crippen LogP contribution in [0.4, 0.5) is 0 Å². The summed E-state index contributed by atoms with van der Waals surface area (Å²) in [6.07, 6.45) is 0. The van der Waals surface area contributed by atoms with Crippen molar-refractivity contribution in [1.82, 2.24) is 0 Å². The molecule has 0 spiro atoms. The van der Waals surface area contributed by atoms with Crippen molar-refractivity contribution in [2.24, 2.45) is 0 Å². The van der Waals surface area contributed by atoms with Crippen LogP contribution in [0.3, 0.4) is 0 Å². The molecule has 2 heterocycles. The number of rotatable bonds is 3. The van der Waals surface area contributed by atoms with Gasteiger partial charge in [0.1, 0.15) is 22.3 Å². The highest BCUT2D eigenvalue weighted by Gasteiger charge is 2.20. The molecule has 0 atom stereocenters. The minimum atomic E-state index is 0.874. The largest absolute Gasteiger partial charge is 0.455 e. The van der Waals surface area contributed by atoms with Gasteiger partial charge in [-0.25, -0.2) is 0 Å². The van der Waals surface area contributed by atoms with Gasteiger partial charge in [-0.1, -0.05) is 158 Å². The van der Waals surface area contributed by atoms with Crippen LogP contribution in [-0.4, -0.2) is 0 Å². The molecule has 0 amide bonds. The van der Waals surface area contributed by atoms with Crippen LogP contribution < -0.4 is 0 Å². The van der Waals surface area contributed by atoms with E-state index in [1.165, 1.54) is 81.3 Å². The zero-order valence-electron chi connectivity index (χ0n) is 31.1. The number of fused-ring (bicyclic) bond motifs is 6. The predicted octanol–water partition coefficient (Wildman–Crippen LogP) is 16.3. The van der Waals surface area contributed by atoms with Crippen LogP contribution in [0.15, 0.2) is 191 Å². The Kier molecular flexibility index (Phi) is 5.79. The van der Waals surface area contributed by atoms with Crippen LogP contribution in [0.1, 0.15) is 0 Å². The van der Waals surface area contributed by atoms with Crippen molar-refractivity contribution in [3.8, 4) is 33.4 Å². The van der Waals surface area contributed by atoms with E-state index < -0.39 is 0 Å². The van der Waals surface area contributed by atoms with Crippen LogP contribution in [0.25, 0.3) is 142 Å². The third-order valence-corrected chi connectivity index (χ3v) is 13.0. The SMILES string of the molecule is c1cc2ccc3ccc(-c4ccc5oc6c(-c7ccc8oc9c(-c%10ccc%11ccc%12cccc%13ccc%10c%11c%12%13)cccc9c8c7)cccc6c5c4)c4ccc(c1)c2c34. The molecule has 0 bridgehead atoms. The van der Waals surface area contributed by atoms with Crippen molar-refractivity contribution < 1.29 is 8.83 Å². The second-order valence-electron chi connectivity index (χ2n) is 15.9. The van der Waals surface area contributed by atoms with Gasteiger partial charge in [0, 0.05) is 32.7 Å². The van der Waals surface area contributed by atoms with Gasteiger partial charge in [0.2, 0.25) is 0 Å². The van der Waals surface area contributed by atoms with Gasteiger partial charge in [-0.05, 0) is 111 Å². The average Bonchev–Trinajstić information content (AvgIpc) is 3.85. The quantitative estimate of drug-likeness (QED) is 0.169. The Bertz CT molecular complexity index is 4000. The van der Waals surface area contributed by atoms with Gasteiger partial charge >= 0.3 is 0 Å². The average molecular weight is 735 g/mol. The topological polar surface area (TPSA) is 26.3 Å². The van der Waals surface area contributed by atoms with Gasteiger partial charge in [0.15, 0.2) is 0 Å². The zero-order valence-corrected chi connectivity index (χ0v) is 31.1. The van der Waals surface area contributed by atoms with E-state index in [0.29, 0.717) is 0 Å². The van der Waals surface area contributed by atoms with Gasteiger partial charge in [0.25, 0.3) is 0 Å². The molecule has 266 valence electrons. The molecule has 0 N–H and O–H groups in total. The molecule has 0 radical (unpaired) electrons. The van der Waals surface area contributed by atoms with E-state index in [9.17, 15) is 0 Å². The lowest BCUT2D eigenvalue weighted by atomic mass is 9.89. The zero-order chi connectivity index (χ0) is 37.6. The Balaban J connectivity index is 0.916. The molecule has 2 aromatic heterocycles. The first kappa shape index (κ1) is 30.5. The van der Waals surface area contributed by atoms with Gasteiger partial charge in [0.05, 0.1) is 0 Å². The summed E-state index contributed by atoms with van der Waals surface area (Å²) in [4.78, 5) is 0. The molecule has 2 nitrogen and oxygen atoms in total.